The minimum absolute atomic E-state index is 0.251. The number of hydrogen-bond donors (Lipinski definition) is 1. The SMILES string of the molecule is CN[S+](C)CCC#N. The van der Waals surface area contributed by atoms with E-state index in [0.29, 0.717) is 6.42 Å². The molecule has 0 aromatic carbocycles. The highest BCUT2D eigenvalue weighted by Gasteiger charge is 2.04. The van der Waals surface area contributed by atoms with E-state index in [4.69, 9.17) is 5.26 Å². The molecular formula is C5H11N2S+. The van der Waals surface area contributed by atoms with E-state index in [1.165, 1.54) is 0 Å². The molecule has 0 aliphatic heterocycles. The highest BCUT2D eigenvalue weighted by Crippen LogP contribution is 1.85. The van der Waals surface area contributed by atoms with Gasteiger partial charge >= 0.3 is 0 Å². The van der Waals surface area contributed by atoms with Gasteiger partial charge in [0.1, 0.15) is 12.0 Å². The molecule has 8 heavy (non-hydrogen) atoms. The lowest BCUT2D eigenvalue weighted by Crippen LogP contribution is -2.20. The Morgan fingerprint density at radius 3 is 2.75 bits per heavy atom. The van der Waals surface area contributed by atoms with Gasteiger partial charge in [-0.15, -0.1) is 4.72 Å². The summed E-state index contributed by atoms with van der Waals surface area (Å²) in [5.74, 6) is 0.979. The Balaban J connectivity index is 3.01. The van der Waals surface area contributed by atoms with E-state index >= 15 is 0 Å². The van der Waals surface area contributed by atoms with Gasteiger partial charge in [0.25, 0.3) is 0 Å². The summed E-state index contributed by atoms with van der Waals surface area (Å²) in [7, 11) is 1.92. The lowest BCUT2D eigenvalue weighted by atomic mass is 10.6. The van der Waals surface area contributed by atoms with Crippen LogP contribution in [0.5, 0.6) is 0 Å². The van der Waals surface area contributed by atoms with E-state index in [0.717, 1.165) is 5.75 Å². The van der Waals surface area contributed by atoms with Crippen molar-refractivity contribution in [1.29, 1.82) is 5.26 Å². The van der Waals surface area contributed by atoms with Crippen molar-refractivity contribution < 1.29 is 0 Å². The molecule has 0 aliphatic rings. The third kappa shape index (κ3) is 3.97. The van der Waals surface area contributed by atoms with Crippen molar-refractivity contribution in [2.75, 3.05) is 19.1 Å². The predicted molar refractivity (Wildman–Crippen MR) is 37.4 cm³/mol. The number of rotatable bonds is 3. The second-order valence-electron chi connectivity index (χ2n) is 1.45. The summed E-state index contributed by atoms with van der Waals surface area (Å²) in [5, 5.41) is 8.14. The maximum absolute atomic E-state index is 8.14. The third-order valence-electron chi connectivity index (χ3n) is 0.869. The number of nitrogens with one attached hydrogen (secondary N) is 1. The van der Waals surface area contributed by atoms with E-state index in [2.05, 4.69) is 17.0 Å². The maximum Gasteiger partial charge on any atom is 0.140 e. The first-order chi connectivity index (χ1) is 3.81. The van der Waals surface area contributed by atoms with Gasteiger partial charge in [0.15, 0.2) is 0 Å². The quantitative estimate of drug-likeness (QED) is 0.558. The molecule has 0 saturated carbocycles. The molecule has 0 heterocycles. The molecule has 0 amide bonds. The smallest absolute Gasteiger partial charge is 0.140 e. The number of nitrogens with zero attached hydrogens (tertiary/aromatic N) is 1. The van der Waals surface area contributed by atoms with Crippen LogP contribution in [0.2, 0.25) is 0 Å². The molecule has 1 atom stereocenters. The Morgan fingerprint density at radius 1 is 1.75 bits per heavy atom. The van der Waals surface area contributed by atoms with Gasteiger partial charge in [-0.25, -0.2) is 0 Å². The average molecular weight is 131 g/mol. The van der Waals surface area contributed by atoms with E-state index in [1.54, 1.807) is 0 Å². The van der Waals surface area contributed by atoms with Gasteiger partial charge in [0.2, 0.25) is 0 Å². The van der Waals surface area contributed by atoms with E-state index in [9.17, 15) is 0 Å². The van der Waals surface area contributed by atoms with Crippen molar-refractivity contribution in [3.8, 4) is 6.07 Å². The van der Waals surface area contributed by atoms with Gasteiger partial charge in [0, 0.05) is 7.05 Å². The fourth-order valence-electron chi connectivity index (χ4n) is 0.301. The Bertz CT molecular complexity index is 86.9. The van der Waals surface area contributed by atoms with E-state index in [1.807, 2.05) is 7.05 Å². The fraction of sp³-hybridized carbons (Fsp3) is 0.800. The van der Waals surface area contributed by atoms with Gasteiger partial charge in [-0.2, -0.15) is 5.26 Å². The Kier molecular flexibility index (Phi) is 4.82. The summed E-state index contributed by atoms with van der Waals surface area (Å²) in [6.45, 7) is 0. The zero-order chi connectivity index (χ0) is 6.41. The third-order valence-corrected chi connectivity index (χ3v) is 2.38. The van der Waals surface area contributed by atoms with Crippen molar-refractivity contribution in [1.82, 2.24) is 4.72 Å². The molecule has 3 heteroatoms. The molecule has 46 valence electrons. The van der Waals surface area contributed by atoms with Gasteiger partial charge in [-0.1, -0.05) is 0 Å². The van der Waals surface area contributed by atoms with Crippen molar-refractivity contribution in [3.63, 3.8) is 0 Å². The summed E-state index contributed by atoms with van der Waals surface area (Å²) < 4.78 is 3.08. The van der Waals surface area contributed by atoms with Crippen LogP contribution < -0.4 is 4.72 Å². The lowest BCUT2D eigenvalue weighted by Gasteiger charge is -1.93. The first-order valence-corrected chi connectivity index (χ1v) is 4.28. The summed E-state index contributed by atoms with van der Waals surface area (Å²) in [6, 6.07) is 2.10. The minimum Gasteiger partial charge on any atom is -0.198 e. The van der Waals surface area contributed by atoms with Gasteiger partial charge in [-0.3, -0.25) is 0 Å². The van der Waals surface area contributed by atoms with Crippen LogP contribution in [0.4, 0.5) is 0 Å². The highest BCUT2D eigenvalue weighted by atomic mass is 32.2. The van der Waals surface area contributed by atoms with Crippen LogP contribution >= 0.6 is 0 Å². The number of nitriles is 1. The lowest BCUT2D eigenvalue weighted by molar-refractivity contribution is 1.19. The van der Waals surface area contributed by atoms with E-state index < -0.39 is 0 Å². The second kappa shape index (κ2) is 4.95. The summed E-state index contributed by atoms with van der Waals surface area (Å²) in [5.41, 5.74) is 0. The molecule has 0 rings (SSSR count). The highest BCUT2D eigenvalue weighted by molar-refractivity contribution is 7.94. The van der Waals surface area contributed by atoms with Crippen LogP contribution in [0.15, 0.2) is 0 Å². The zero-order valence-electron chi connectivity index (χ0n) is 5.27. The summed E-state index contributed by atoms with van der Waals surface area (Å²) in [6.07, 6.45) is 2.76. The minimum atomic E-state index is 0.251. The molecule has 0 aromatic heterocycles. The Hall–Kier alpha value is -0.200. The predicted octanol–water partition coefficient (Wildman–Crippen LogP) is 0.283. The molecule has 0 radical (unpaired) electrons. The first-order valence-electron chi connectivity index (χ1n) is 2.48. The van der Waals surface area contributed by atoms with Crippen molar-refractivity contribution in [2.45, 2.75) is 6.42 Å². The molecule has 1 N–H and O–H groups in total. The molecule has 0 saturated heterocycles. The molecule has 0 aliphatic carbocycles. The average Bonchev–Trinajstić information content (AvgIpc) is 1.83. The van der Waals surface area contributed by atoms with E-state index in [-0.39, 0.29) is 11.1 Å². The molecule has 1 unspecified atom stereocenters. The Morgan fingerprint density at radius 2 is 2.38 bits per heavy atom. The topological polar surface area (TPSA) is 35.8 Å². The van der Waals surface area contributed by atoms with Crippen LogP contribution in [-0.2, 0) is 11.1 Å². The standard InChI is InChI=1S/C5H11N2S/c1-7-8(2)5-3-4-6/h7H,3,5H2,1-2H3/q+1. The second-order valence-corrected chi connectivity index (χ2v) is 3.54. The maximum atomic E-state index is 8.14. The zero-order valence-corrected chi connectivity index (χ0v) is 6.09. The van der Waals surface area contributed by atoms with Crippen molar-refractivity contribution in [2.24, 2.45) is 0 Å². The van der Waals surface area contributed by atoms with Crippen LogP contribution in [0.25, 0.3) is 0 Å². The number of hydrogen-bond acceptors (Lipinski definition) is 2. The summed E-state index contributed by atoms with van der Waals surface area (Å²) >= 11 is 0.251. The molecule has 0 spiro atoms. The molecule has 2 nitrogen and oxygen atoms in total. The largest absolute Gasteiger partial charge is 0.198 e. The van der Waals surface area contributed by atoms with Crippen molar-refractivity contribution >= 4 is 11.1 Å². The Labute approximate surface area is 53.4 Å². The van der Waals surface area contributed by atoms with Crippen LogP contribution in [0.3, 0.4) is 0 Å². The molecule has 0 fully saturated rings. The first kappa shape index (κ1) is 7.80. The normalized spacial score (nSPS) is 12.6. The monoisotopic (exact) mass is 131 g/mol. The fourth-order valence-corrected chi connectivity index (χ4v) is 0.902. The molecule has 0 aromatic rings. The van der Waals surface area contributed by atoms with Crippen LogP contribution in [0, 0.1) is 11.3 Å². The molecular weight excluding hydrogens is 120 g/mol. The van der Waals surface area contributed by atoms with Crippen molar-refractivity contribution in [3.05, 3.63) is 0 Å². The van der Waals surface area contributed by atoms with Gasteiger partial charge in [-0.05, 0) is 0 Å². The summed E-state index contributed by atoms with van der Waals surface area (Å²) in [4.78, 5) is 0. The molecule has 0 bridgehead atoms. The van der Waals surface area contributed by atoms with Gasteiger partial charge in [0.05, 0.1) is 23.6 Å². The van der Waals surface area contributed by atoms with Crippen LogP contribution in [0.1, 0.15) is 6.42 Å². The van der Waals surface area contributed by atoms with Crippen LogP contribution in [-0.4, -0.2) is 19.1 Å². The van der Waals surface area contributed by atoms with Gasteiger partial charge < -0.3 is 0 Å².